The summed E-state index contributed by atoms with van der Waals surface area (Å²) < 4.78 is 6.74. The van der Waals surface area contributed by atoms with Crippen LogP contribution in [0.5, 0.6) is 0 Å². The van der Waals surface area contributed by atoms with Crippen LogP contribution in [0.15, 0.2) is 11.1 Å². The third kappa shape index (κ3) is 2.49. The van der Waals surface area contributed by atoms with Crippen molar-refractivity contribution in [2.45, 2.75) is 24.5 Å². The van der Waals surface area contributed by atoms with Gasteiger partial charge in [-0.15, -0.1) is 0 Å². The molecule has 1 aliphatic rings. The number of nitrogens with zero attached hydrogens (tertiary/aromatic N) is 3. The van der Waals surface area contributed by atoms with Crippen LogP contribution in [0.25, 0.3) is 11.2 Å². The number of nitrogens with one attached hydrogen (secondary N) is 2. The van der Waals surface area contributed by atoms with Crippen LogP contribution in [0.2, 0.25) is 0 Å². The van der Waals surface area contributed by atoms with Gasteiger partial charge in [0.1, 0.15) is 18.3 Å². The number of aliphatic hydroxyl groups excluding tert-OH is 2. The molecule has 0 unspecified atom stereocenters. The topological polar surface area (TPSA) is 168 Å². The van der Waals surface area contributed by atoms with Crippen LogP contribution in [-0.2, 0) is 9.53 Å². The van der Waals surface area contributed by atoms with E-state index in [4.69, 9.17) is 10.5 Å². The zero-order valence-electron chi connectivity index (χ0n) is 12.1. The molecule has 0 amide bonds. The molecule has 11 heteroatoms. The standard InChI is InChI=1S/C12H16N6O5/c1-14-2-4(19)8-6(20)7(21)11(23-8)18-3-15-5-9(18)16-12(13)17-10(5)22/h3,6-8,11,14,20-21H,2H2,1H3,(H3,13,16,17,22)/t6-,7+,8+,11+/m0/s1. The number of ketones is 1. The largest absolute Gasteiger partial charge is 0.387 e. The van der Waals surface area contributed by atoms with Gasteiger partial charge in [-0.3, -0.25) is 19.1 Å². The van der Waals surface area contributed by atoms with Gasteiger partial charge in [0.25, 0.3) is 5.56 Å². The van der Waals surface area contributed by atoms with Crippen LogP contribution in [0.1, 0.15) is 6.23 Å². The maximum absolute atomic E-state index is 11.9. The van der Waals surface area contributed by atoms with Crippen molar-refractivity contribution in [3.63, 3.8) is 0 Å². The van der Waals surface area contributed by atoms with Crippen molar-refractivity contribution < 1.29 is 19.7 Å². The lowest BCUT2D eigenvalue weighted by Gasteiger charge is -2.16. The second-order valence-corrected chi connectivity index (χ2v) is 5.20. The highest BCUT2D eigenvalue weighted by molar-refractivity contribution is 5.86. The quantitative estimate of drug-likeness (QED) is 0.396. The number of nitrogen functional groups attached to an aromatic ring is 1. The Morgan fingerprint density at radius 2 is 2.26 bits per heavy atom. The summed E-state index contributed by atoms with van der Waals surface area (Å²) in [5.41, 5.74) is 5.06. The number of ether oxygens (including phenoxy) is 1. The molecule has 23 heavy (non-hydrogen) atoms. The number of aromatic amines is 1. The number of hydrogen-bond donors (Lipinski definition) is 5. The number of fused-ring (bicyclic) bond motifs is 1. The monoisotopic (exact) mass is 324 g/mol. The first-order valence-electron chi connectivity index (χ1n) is 6.85. The highest BCUT2D eigenvalue weighted by Crippen LogP contribution is 2.31. The summed E-state index contributed by atoms with van der Waals surface area (Å²) in [6.07, 6.45) is -3.87. The average Bonchev–Trinajstić information content (AvgIpc) is 3.02. The minimum absolute atomic E-state index is 0.00879. The first kappa shape index (κ1) is 15.6. The number of hydrogen-bond acceptors (Lipinski definition) is 9. The number of carbonyl (C=O) groups is 1. The molecule has 11 nitrogen and oxygen atoms in total. The molecule has 0 aliphatic carbocycles. The van der Waals surface area contributed by atoms with Gasteiger partial charge in [0.15, 0.2) is 23.2 Å². The van der Waals surface area contributed by atoms with E-state index in [1.165, 1.54) is 10.9 Å². The molecule has 0 bridgehead atoms. The summed E-state index contributed by atoms with van der Waals surface area (Å²) in [7, 11) is 1.58. The van der Waals surface area contributed by atoms with Crippen LogP contribution in [0.4, 0.5) is 5.95 Å². The highest BCUT2D eigenvalue weighted by atomic mass is 16.6. The SMILES string of the molecule is CNCC(=O)[C@H]1O[C@@H](n2cnc3c(=O)[nH]c(N)nc32)[C@H](O)[C@@H]1O. The van der Waals surface area contributed by atoms with E-state index in [0.717, 1.165) is 0 Å². The molecule has 0 saturated carbocycles. The summed E-state index contributed by atoms with van der Waals surface area (Å²) in [4.78, 5) is 33.8. The first-order chi connectivity index (χ1) is 10.9. The maximum Gasteiger partial charge on any atom is 0.280 e. The summed E-state index contributed by atoms with van der Waals surface area (Å²) in [6, 6.07) is 0. The molecule has 3 heterocycles. The Labute approximate surface area is 129 Å². The Morgan fingerprint density at radius 1 is 1.52 bits per heavy atom. The fourth-order valence-electron chi connectivity index (χ4n) is 2.56. The van der Waals surface area contributed by atoms with Gasteiger partial charge in [-0.2, -0.15) is 4.98 Å². The first-order valence-corrected chi connectivity index (χ1v) is 6.85. The number of Topliss-reactive ketones (excluding diaryl/α,β-unsaturated/α-hetero) is 1. The van der Waals surface area contributed by atoms with Gasteiger partial charge in [0.2, 0.25) is 5.95 Å². The van der Waals surface area contributed by atoms with Crippen LogP contribution >= 0.6 is 0 Å². The minimum atomic E-state index is -1.40. The molecule has 1 aliphatic heterocycles. The van der Waals surface area contributed by atoms with Crippen molar-refractivity contribution in [2.75, 3.05) is 19.3 Å². The second kappa shape index (κ2) is 5.70. The zero-order chi connectivity index (χ0) is 16.7. The van der Waals surface area contributed by atoms with E-state index in [9.17, 15) is 19.8 Å². The summed E-state index contributed by atoms with van der Waals surface area (Å²) in [6.45, 7) is -0.0172. The van der Waals surface area contributed by atoms with E-state index in [1.54, 1.807) is 7.05 Å². The Morgan fingerprint density at radius 3 is 2.96 bits per heavy atom. The fraction of sp³-hybridized carbons (Fsp3) is 0.500. The molecule has 2 aromatic heterocycles. The summed E-state index contributed by atoms with van der Waals surface area (Å²) in [5, 5.41) is 22.9. The number of imidazole rings is 1. The predicted molar refractivity (Wildman–Crippen MR) is 77.4 cm³/mol. The van der Waals surface area contributed by atoms with E-state index in [1.807, 2.05) is 0 Å². The van der Waals surface area contributed by atoms with Gasteiger partial charge in [0, 0.05) is 0 Å². The molecule has 1 saturated heterocycles. The number of likely N-dealkylation sites (N-methyl/N-ethyl adjacent to an activating group) is 1. The third-order valence-electron chi connectivity index (χ3n) is 3.63. The number of H-pyrrole nitrogens is 1. The Kier molecular flexibility index (Phi) is 3.85. The Bertz CT molecular complexity index is 801. The van der Waals surface area contributed by atoms with Crippen molar-refractivity contribution in [3.8, 4) is 0 Å². The van der Waals surface area contributed by atoms with Crippen molar-refractivity contribution in [3.05, 3.63) is 16.7 Å². The number of rotatable bonds is 4. The van der Waals surface area contributed by atoms with Crippen LogP contribution in [0.3, 0.4) is 0 Å². The van der Waals surface area contributed by atoms with Gasteiger partial charge in [-0.1, -0.05) is 0 Å². The number of anilines is 1. The van der Waals surface area contributed by atoms with Gasteiger partial charge >= 0.3 is 0 Å². The minimum Gasteiger partial charge on any atom is -0.387 e. The van der Waals surface area contributed by atoms with Crippen LogP contribution in [-0.4, -0.2) is 67.4 Å². The smallest absolute Gasteiger partial charge is 0.280 e. The Balaban J connectivity index is 1.99. The molecule has 3 rings (SSSR count). The zero-order valence-corrected chi connectivity index (χ0v) is 12.1. The number of aromatic nitrogens is 4. The van der Waals surface area contributed by atoms with Crippen molar-refractivity contribution in [1.82, 2.24) is 24.8 Å². The average molecular weight is 324 g/mol. The van der Waals surface area contributed by atoms with Gasteiger partial charge in [-0.05, 0) is 7.05 Å². The van der Waals surface area contributed by atoms with E-state index in [-0.39, 0.29) is 23.7 Å². The molecule has 6 N–H and O–H groups in total. The van der Waals surface area contributed by atoms with E-state index >= 15 is 0 Å². The van der Waals surface area contributed by atoms with Crippen molar-refractivity contribution >= 4 is 22.9 Å². The van der Waals surface area contributed by atoms with E-state index in [2.05, 4.69) is 20.3 Å². The Hall–Kier alpha value is -2.34. The van der Waals surface area contributed by atoms with Crippen LogP contribution < -0.4 is 16.6 Å². The molecule has 0 aromatic carbocycles. The molecule has 124 valence electrons. The normalized spacial score (nSPS) is 27.6. The molecule has 0 spiro atoms. The molecule has 2 aromatic rings. The number of carbonyl (C=O) groups excluding carboxylic acids is 1. The lowest BCUT2D eigenvalue weighted by atomic mass is 10.1. The summed E-state index contributed by atoms with van der Waals surface area (Å²) >= 11 is 0. The third-order valence-corrected chi connectivity index (χ3v) is 3.63. The van der Waals surface area contributed by atoms with Gasteiger partial charge in [-0.25, -0.2) is 4.98 Å². The van der Waals surface area contributed by atoms with Gasteiger partial charge < -0.3 is 26.0 Å². The van der Waals surface area contributed by atoms with E-state index < -0.39 is 35.9 Å². The predicted octanol–water partition coefficient (Wildman–Crippen LogP) is -2.89. The molecule has 1 fully saturated rings. The molecule has 4 atom stereocenters. The van der Waals surface area contributed by atoms with E-state index in [0.29, 0.717) is 0 Å². The molecule has 0 radical (unpaired) electrons. The fourth-order valence-corrected chi connectivity index (χ4v) is 2.56. The lowest BCUT2D eigenvalue weighted by molar-refractivity contribution is -0.134. The molecular formula is C12H16N6O5. The number of aliphatic hydroxyl groups is 2. The highest BCUT2D eigenvalue weighted by Gasteiger charge is 2.47. The molecular weight excluding hydrogens is 308 g/mol. The summed E-state index contributed by atoms with van der Waals surface area (Å²) in [5.74, 6) is -0.531. The lowest BCUT2D eigenvalue weighted by Crippen LogP contribution is -2.39. The van der Waals surface area contributed by atoms with Crippen LogP contribution in [0, 0.1) is 0 Å². The maximum atomic E-state index is 11.9. The second-order valence-electron chi connectivity index (χ2n) is 5.20. The van der Waals surface area contributed by atoms with Crippen molar-refractivity contribution in [2.24, 2.45) is 0 Å². The number of nitrogens with two attached hydrogens (primary N) is 1. The van der Waals surface area contributed by atoms with Crippen molar-refractivity contribution in [1.29, 1.82) is 0 Å². The van der Waals surface area contributed by atoms with Gasteiger partial charge in [0.05, 0.1) is 12.9 Å².